The number of amides is 1. The molecule has 0 fully saturated rings. The number of carbonyl (C=O) groups is 1. The first-order chi connectivity index (χ1) is 11.6. The number of nitrogens with zero attached hydrogens (tertiary/aromatic N) is 3. The molecule has 0 N–H and O–H groups in total. The van der Waals surface area contributed by atoms with Gasteiger partial charge in [0, 0.05) is 12.7 Å². The number of hydrogen-bond acceptors (Lipinski definition) is 6. The number of benzene rings is 1. The standard InChI is InChI=1S/C17H17N3O3S/c1-11-14(9-10-22-11)15-18-19-17(23-15)24-12(2)16(21)20(3)13-7-5-4-6-8-13/h4-10,12H,1-3H3/t12-/m1/s1. The third kappa shape index (κ3) is 3.35. The van der Waals surface area contributed by atoms with Gasteiger partial charge in [-0.25, -0.2) is 0 Å². The highest BCUT2D eigenvalue weighted by atomic mass is 32.2. The minimum Gasteiger partial charge on any atom is -0.469 e. The largest absolute Gasteiger partial charge is 0.469 e. The van der Waals surface area contributed by atoms with Crippen molar-refractivity contribution in [1.82, 2.24) is 10.2 Å². The van der Waals surface area contributed by atoms with Crippen LogP contribution in [0.3, 0.4) is 0 Å². The van der Waals surface area contributed by atoms with Crippen LogP contribution in [0.15, 0.2) is 56.7 Å². The molecule has 2 heterocycles. The number of hydrogen-bond donors (Lipinski definition) is 0. The summed E-state index contributed by atoms with van der Waals surface area (Å²) < 4.78 is 10.9. The van der Waals surface area contributed by atoms with Crippen LogP contribution in [0.1, 0.15) is 12.7 Å². The van der Waals surface area contributed by atoms with Crippen LogP contribution in [0.2, 0.25) is 0 Å². The summed E-state index contributed by atoms with van der Waals surface area (Å²) in [5.41, 5.74) is 1.60. The van der Waals surface area contributed by atoms with Gasteiger partial charge >= 0.3 is 0 Å². The molecule has 3 aromatic rings. The van der Waals surface area contributed by atoms with Crippen molar-refractivity contribution in [3.05, 3.63) is 48.4 Å². The molecule has 0 aliphatic heterocycles. The maximum absolute atomic E-state index is 12.5. The van der Waals surface area contributed by atoms with Crippen molar-refractivity contribution in [2.75, 3.05) is 11.9 Å². The van der Waals surface area contributed by atoms with Crippen molar-refractivity contribution in [1.29, 1.82) is 0 Å². The van der Waals surface area contributed by atoms with E-state index >= 15 is 0 Å². The van der Waals surface area contributed by atoms with E-state index in [0.29, 0.717) is 16.9 Å². The van der Waals surface area contributed by atoms with Gasteiger partial charge in [-0.3, -0.25) is 4.79 Å². The van der Waals surface area contributed by atoms with Crippen LogP contribution >= 0.6 is 11.8 Å². The van der Waals surface area contributed by atoms with Crippen LogP contribution in [-0.2, 0) is 4.79 Å². The van der Waals surface area contributed by atoms with E-state index in [4.69, 9.17) is 8.83 Å². The first kappa shape index (κ1) is 16.3. The Morgan fingerprint density at radius 1 is 1.21 bits per heavy atom. The summed E-state index contributed by atoms with van der Waals surface area (Å²) in [4.78, 5) is 14.2. The molecule has 2 aromatic heterocycles. The molecule has 6 nitrogen and oxygen atoms in total. The summed E-state index contributed by atoms with van der Waals surface area (Å²) in [6.45, 7) is 3.65. The van der Waals surface area contributed by atoms with Crippen molar-refractivity contribution in [3.63, 3.8) is 0 Å². The molecule has 124 valence electrons. The first-order valence-electron chi connectivity index (χ1n) is 7.43. The van der Waals surface area contributed by atoms with Crippen LogP contribution in [0.25, 0.3) is 11.5 Å². The molecule has 0 saturated heterocycles. The summed E-state index contributed by atoms with van der Waals surface area (Å²) in [6, 6.07) is 11.3. The Morgan fingerprint density at radius 3 is 2.62 bits per heavy atom. The van der Waals surface area contributed by atoms with Crippen LogP contribution < -0.4 is 4.90 Å². The molecule has 0 aliphatic rings. The summed E-state index contributed by atoms with van der Waals surface area (Å²) in [7, 11) is 1.75. The zero-order valence-corrected chi connectivity index (χ0v) is 14.4. The third-order valence-electron chi connectivity index (χ3n) is 3.60. The molecule has 0 saturated carbocycles. The fraction of sp³-hybridized carbons (Fsp3) is 0.235. The molecular weight excluding hydrogens is 326 g/mol. The zero-order valence-electron chi connectivity index (χ0n) is 13.6. The topological polar surface area (TPSA) is 72.4 Å². The summed E-state index contributed by atoms with van der Waals surface area (Å²) in [5.74, 6) is 1.06. The average molecular weight is 343 g/mol. The summed E-state index contributed by atoms with van der Waals surface area (Å²) in [6.07, 6.45) is 1.57. The molecular formula is C17H17N3O3S. The number of thioether (sulfide) groups is 1. The number of aromatic nitrogens is 2. The number of para-hydroxylation sites is 1. The molecule has 3 rings (SSSR count). The number of carbonyl (C=O) groups excluding carboxylic acids is 1. The SMILES string of the molecule is Cc1occc1-c1nnc(S[C@H](C)C(=O)N(C)c2ccccc2)o1. The van der Waals surface area contributed by atoms with E-state index in [-0.39, 0.29) is 11.2 Å². The lowest BCUT2D eigenvalue weighted by atomic mass is 10.3. The van der Waals surface area contributed by atoms with Gasteiger partial charge in [-0.15, -0.1) is 10.2 Å². The molecule has 0 radical (unpaired) electrons. The summed E-state index contributed by atoms with van der Waals surface area (Å²) in [5, 5.41) is 8.02. The van der Waals surface area contributed by atoms with Crippen molar-refractivity contribution < 1.29 is 13.6 Å². The smallest absolute Gasteiger partial charge is 0.277 e. The van der Waals surface area contributed by atoms with Crippen molar-refractivity contribution in [2.45, 2.75) is 24.3 Å². The maximum atomic E-state index is 12.5. The van der Waals surface area contributed by atoms with Gasteiger partial charge in [0.25, 0.3) is 11.1 Å². The minimum absolute atomic E-state index is 0.0366. The van der Waals surface area contributed by atoms with E-state index in [0.717, 1.165) is 11.3 Å². The fourth-order valence-electron chi connectivity index (χ4n) is 2.23. The van der Waals surface area contributed by atoms with Gasteiger partial charge in [-0.05, 0) is 32.0 Å². The Morgan fingerprint density at radius 2 is 1.96 bits per heavy atom. The van der Waals surface area contributed by atoms with Crippen molar-refractivity contribution in [3.8, 4) is 11.5 Å². The molecule has 24 heavy (non-hydrogen) atoms. The summed E-state index contributed by atoms with van der Waals surface area (Å²) >= 11 is 1.24. The number of anilines is 1. The fourth-order valence-corrected chi connectivity index (χ4v) is 3.00. The Labute approximate surface area is 143 Å². The van der Waals surface area contributed by atoms with E-state index < -0.39 is 0 Å². The van der Waals surface area contributed by atoms with Gasteiger partial charge in [-0.1, -0.05) is 30.0 Å². The van der Waals surface area contributed by atoms with Gasteiger partial charge in [0.05, 0.1) is 17.1 Å². The number of furan rings is 1. The predicted molar refractivity (Wildman–Crippen MR) is 91.9 cm³/mol. The van der Waals surface area contributed by atoms with Crippen LogP contribution in [0, 0.1) is 6.92 Å². The van der Waals surface area contributed by atoms with Crippen molar-refractivity contribution >= 4 is 23.4 Å². The highest BCUT2D eigenvalue weighted by Gasteiger charge is 2.23. The lowest BCUT2D eigenvalue weighted by molar-refractivity contribution is -0.117. The number of rotatable bonds is 5. The van der Waals surface area contributed by atoms with E-state index in [1.165, 1.54) is 11.8 Å². The lowest BCUT2D eigenvalue weighted by Crippen LogP contribution is -2.33. The molecule has 7 heteroatoms. The second-order valence-electron chi connectivity index (χ2n) is 5.26. The van der Waals surface area contributed by atoms with E-state index in [2.05, 4.69) is 10.2 Å². The second kappa shape index (κ2) is 6.92. The molecule has 1 aromatic carbocycles. The van der Waals surface area contributed by atoms with Crippen LogP contribution in [0.4, 0.5) is 5.69 Å². The Balaban J connectivity index is 1.69. The van der Waals surface area contributed by atoms with Crippen molar-refractivity contribution in [2.24, 2.45) is 0 Å². The molecule has 0 unspecified atom stereocenters. The Hall–Kier alpha value is -2.54. The lowest BCUT2D eigenvalue weighted by Gasteiger charge is -2.20. The van der Waals surface area contributed by atoms with Gasteiger partial charge in [0.15, 0.2) is 0 Å². The van der Waals surface area contributed by atoms with Gasteiger partial charge in [-0.2, -0.15) is 0 Å². The average Bonchev–Trinajstić information content (AvgIpc) is 3.22. The molecule has 0 bridgehead atoms. The van der Waals surface area contributed by atoms with E-state index in [1.807, 2.05) is 44.2 Å². The molecule has 1 atom stereocenters. The Bertz CT molecular complexity index is 828. The molecule has 0 aliphatic carbocycles. The van der Waals surface area contributed by atoms with Gasteiger partial charge < -0.3 is 13.7 Å². The van der Waals surface area contributed by atoms with Gasteiger partial charge in [0.2, 0.25) is 5.91 Å². The number of aryl methyl sites for hydroxylation is 1. The third-order valence-corrected chi connectivity index (χ3v) is 4.52. The minimum atomic E-state index is -0.353. The maximum Gasteiger partial charge on any atom is 0.277 e. The highest BCUT2D eigenvalue weighted by Crippen LogP contribution is 2.29. The molecule has 1 amide bonds. The quantitative estimate of drug-likeness (QED) is 0.657. The second-order valence-corrected chi connectivity index (χ2v) is 6.55. The van der Waals surface area contributed by atoms with Gasteiger partial charge in [0.1, 0.15) is 5.76 Å². The zero-order chi connectivity index (χ0) is 17.1. The first-order valence-corrected chi connectivity index (χ1v) is 8.31. The van der Waals surface area contributed by atoms with Crippen LogP contribution in [0.5, 0.6) is 0 Å². The predicted octanol–water partition coefficient (Wildman–Crippen LogP) is 3.78. The van der Waals surface area contributed by atoms with Crippen LogP contribution in [-0.4, -0.2) is 28.4 Å². The molecule has 0 spiro atoms. The Kier molecular flexibility index (Phi) is 4.71. The normalized spacial score (nSPS) is 12.1. The monoisotopic (exact) mass is 343 g/mol. The highest BCUT2D eigenvalue weighted by molar-refractivity contribution is 8.00. The van der Waals surface area contributed by atoms with E-state index in [1.54, 1.807) is 24.3 Å². The van der Waals surface area contributed by atoms with E-state index in [9.17, 15) is 4.79 Å².